The highest BCUT2D eigenvalue weighted by molar-refractivity contribution is 6.58. The molecule has 0 aromatic heterocycles. The number of rotatable bonds is 3. The van der Waals surface area contributed by atoms with E-state index in [4.69, 9.17) is 17.7 Å². The summed E-state index contributed by atoms with van der Waals surface area (Å²) in [6.45, 7) is 2.89. The minimum absolute atomic E-state index is 0.00849. The largest absolute Gasteiger partial charge is 0.496 e. The van der Waals surface area contributed by atoms with Gasteiger partial charge >= 0.3 is 8.80 Å². The van der Waals surface area contributed by atoms with Crippen LogP contribution in [0.3, 0.4) is 0 Å². The molecule has 0 spiro atoms. The van der Waals surface area contributed by atoms with Crippen molar-refractivity contribution in [3.8, 4) is 0 Å². The van der Waals surface area contributed by atoms with E-state index in [0.29, 0.717) is 0 Å². The summed E-state index contributed by atoms with van der Waals surface area (Å²) in [5.41, 5.74) is 0. The minimum Gasteiger partial charge on any atom is -0.424 e. The molecule has 14 heavy (non-hydrogen) atoms. The van der Waals surface area contributed by atoms with Crippen molar-refractivity contribution in [2.24, 2.45) is 0 Å². The van der Waals surface area contributed by atoms with Gasteiger partial charge < -0.3 is 17.7 Å². The van der Waals surface area contributed by atoms with Crippen molar-refractivity contribution in [1.82, 2.24) is 0 Å². The summed E-state index contributed by atoms with van der Waals surface area (Å²) in [6, 6.07) is 1.42. The molecule has 0 saturated carbocycles. The van der Waals surface area contributed by atoms with E-state index in [1.54, 1.807) is 21.3 Å². The summed E-state index contributed by atoms with van der Waals surface area (Å²) in [7, 11) is 2.58. The monoisotopic (exact) mass is 238 g/mol. The first kappa shape index (κ1) is 14.3. The molecule has 6 heteroatoms. The average Bonchev–Trinajstić information content (AvgIpc) is 2.31. The Hall–Kier alpha value is 0.274. The van der Waals surface area contributed by atoms with Gasteiger partial charge in [0.1, 0.15) is 0 Å². The molecular weight excluding hydrogens is 216 g/mol. The Morgan fingerprint density at radius 2 is 1.64 bits per heavy atom. The van der Waals surface area contributed by atoms with Crippen molar-refractivity contribution in [3.05, 3.63) is 0 Å². The lowest BCUT2D eigenvalue weighted by atomic mass is 10.4. The molecule has 0 bridgehead atoms. The summed E-state index contributed by atoms with van der Waals surface area (Å²) >= 11 is 0. The molecule has 0 aromatic carbocycles. The highest BCUT2D eigenvalue weighted by atomic mass is 28.4. The van der Waals surface area contributed by atoms with Crippen LogP contribution >= 0.6 is 0 Å². The summed E-state index contributed by atoms with van der Waals surface area (Å²) in [5, 5.41) is 0. The van der Waals surface area contributed by atoms with Crippen molar-refractivity contribution in [2.45, 2.75) is 25.4 Å². The lowest BCUT2D eigenvalue weighted by Gasteiger charge is -2.18. The van der Waals surface area contributed by atoms with Crippen LogP contribution in [0.5, 0.6) is 0 Å². The normalized spacial score (nSPS) is 18.9. The second-order valence-electron chi connectivity index (χ2n) is 3.15. The number of hydrogen-bond donors (Lipinski definition) is 0. The maximum absolute atomic E-state index is 5.21. The van der Waals surface area contributed by atoms with Crippen LogP contribution in [0, 0.1) is 0 Å². The van der Waals surface area contributed by atoms with Gasteiger partial charge in [-0.2, -0.15) is 0 Å². The molecule has 1 rings (SSSR count). The van der Waals surface area contributed by atoms with E-state index in [2.05, 4.69) is 0 Å². The lowest BCUT2D eigenvalue weighted by Crippen LogP contribution is -2.38. The van der Waals surface area contributed by atoms with E-state index in [9.17, 15) is 0 Å². The standard InChI is InChI=1S/C4H12O3Si.C4H10OSi/c1-5-8(4,6-2)7-3;1-2-4-6-5-3-1/h1-4H3;1-4,6H2. The molecular formula is C8H22O4Si2. The van der Waals surface area contributed by atoms with E-state index >= 15 is 0 Å². The summed E-state index contributed by atoms with van der Waals surface area (Å²) < 4.78 is 20.0. The fourth-order valence-electron chi connectivity index (χ4n) is 0.937. The van der Waals surface area contributed by atoms with Crippen molar-refractivity contribution in [1.29, 1.82) is 0 Å². The van der Waals surface area contributed by atoms with Gasteiger partial charge in [-0.05, 0) is 12.5 Å². The molecule has 86 valence electrons. The fourth-order valence-corrected chi connectivity index (χ4v) is 2.61. The summed E-state index contributed by atoms with van der Waals surface area (Å²) in [4.78, 5) is 0. The zero-order valence-corrected chi connectivity index (χ0v) is 12.1. The van der Waals surface area contributed by atoms with Crippen LogP contribution in [0.2, 0.25) is 12.6 Å². The quantitative estimate of drug-likeness (QED) is 0.681. The molecule has 0 aliphatic carbocycles. The van der Waals surface area contributed by atoms with Crippen molar-refractivity contribution >= 4 is 18.6 Å². The first-order valence-electron chi connectivity index (χ1n) is 4.91. The molecule has 0 unspecified atom stereocenters. The Bertz CT molecular complexity index is 107. The molecule has 1 saturated heterocycles. The van der Waals surface area contributed by atoms with Crippen LogP contribution in [0.25, 0.3) is 0 Å². The van der Waals surface area contributed by atoms with E-state index in [-0.39, 0.29) is 9.76 Å². The minimum atomic E-state index is -2.17. The third-order valence-electron chi connectivity index (χ3n) is 2.19. The Morgan fingerprint density at radius 3 is 1.71 bits per heavy atom. The Balaban J connectivity index is 0.000000249. The van der Waals surface area contributed by atoms with Crippen molar-refractivity contribution in [3.63, 3.8) is 0 Å². The van der Waals surface area contributed by atoms with Crippen molar-refractivity contribution < 1.29 is 17.7 Å². The van der Waals surface area contributed by atoms with Gasteiger partial charge in [0.15, 0.2) is 9.76 Å². The SMILES string of the molecule is C1CC[SiH2]OC1.CO[Si](C)(OC)OC. The van der Waals surface area contributed by atoms with Gasteiger partial charge in [0.25, 0.3) is 0 Å². The van der Waals surface area contributed by atoms with Gasteiger partial charge in [0.05, 0.1) is 0 Å². The van der Waals surface area contributed by atoms with E-state index in [0.717, 1.165) is 6.61 Å². The highest BCUT2D eigenvalue weighted by Gasteiger charge is 2.29. The molecule has 1 fully saturated rings. The zero-order chi connectivity index (χ0) is 10.9. The molecule has 1 aliphatic rings. The van der Waals surface area contributed by atoms with Crippen LogP contribution in [0.1, 0.15) is 12.8 Å². The molecule has 1 heterocycles. The first-order chi connectivity index (χ1) is 6.68. The third kappa shape index (κ3) is 6.69. The molecule has 1 aliphatic heterocycles. The molecule has 0 N–H and O–H groups in total. The predicted molar refractivity (Wildman–Crippen MR) is 61.2 cm³/mol. The fraction of sp³-hybridized carbons (Fsp3) is 1.00. The van der Waals surface area contributed by atoms with E-state index in [1.165, 1.54) is 18.9 Å². The second-order valence-corrected chi connectivity index (χ2v) is 7.62. The van der Waals surface area contributed by atoms with Gasteiger partial charge in [-0.3, -0.25) is 0 Å². The predicted octanol–water partition coefficient (Wildman–Crippen LogP) is 0.793. The zero-order valence-electron chi connectivity index (χ0n) is 9.67. The Labute approximate surface area is 90.2 Å². The van der Waals surface area contributed by atoms with Crippen LogP contribution in [0.4, 0.5) is 0 Å². The van der Waals surface area contributed by atoms with E-state index < -0.39 is 8.80 Å². The van der Waals surface area contributed by atoms with Gasteiger partial charge in [0, 0.05) is 34.5 Å². The van der Waals surface area contributed by atoms with Gasteiger partial charge in [0.2, 0.25) is 0 Å². The molecule has 0 aromatic rings. The van der Waals surface area contributed by atoms with Crippen LogP contribution < -0.4 is 0 Å². The van der Waals surface area contributed by atoms with Gasteiger partial charge in [-0.1, -0.05) is 6.42 Å². The molecule has 0 radical (unpaired) electrons. The topological polar surface area (TPSA) is 36.9 Å². The number of hydrogen-bond acceptors (Lipinski definition) is 4. The third-order valence-corrected chi connectivity index (χ3v) is 5.78. The molecule has 4 nitrogen and oxygen atoms in total. The second kappa shape index (κ2) is 8.57. The van der Waals surface area contributed by atoms with Crippen LogP contribution in [-0.2, 0) is 17.7 Å². The Morgan fingerprint density at radius 1 is 1.07 bits per heavy atom. The Kier molecular flexibility index (Phi) is 8.74. The first-order valence-corrected chi connectivity index (χ1v) is 8.72. The van der Waals surface area contributed by atoms with Crippen LogP contribution in [-0.4, -0.2) is 46.5 Å². The summed E-state index contributed by atoms with van der Waals surface area (Å²) in [5.74, 6) is 0. The summed E-state index contributed by atoms with van der Waals surface area (Å²) in [6.07, 6.45) is 2.75. The van der Waals surface area contributed by atoms with Crippen molar-refractivity contribution in [2.75, 3.05) is 27.9 Å². The highest BCUT2D eigenvalue weighted by Crippen LogP contribution is 2.02. The lowest BCUT2D eigenvalue weighted by molar-refractivity contribution is 0.132. The maximum atomic E-state index is 5.21. The van der Waals surface area contributed by atoms with Gasteiger partial charge in [-0.25, -0.2) is 0 Å². The maximum Gasteiger partial charge on any atom is 0.496 e. The molecule has 0 atom stereocenters. The average molecular weight is 238 g/mol. The molecule has 0 amide bonds. The van der Waals surface area contributed by atoms with Gasteiger partial charge in [-0.15, -0.1) is 0 Å². The van der Waals surface area contributed by atoms with E-state index in [1.807, 2.05) is 6.55 Å². The smallest absolute Gasteiger partial charge is 0.424 e. The van der Waals surface area contributed by atoms with Crippen LogP contribution in [0.15, 0.2) is 0 Å².